The molecule has 1 aliphatic heterocycles. The molecule has 1 unspecified atom stereocenters. The fourth-order valence-electron chi connectivity index (χ4n) is 3.54. The molecule has 0 saturated carbocycles. The molecule has 3 N–H and O–H groups in total. The van der Waals surface area contributed by atoms with E-state index in [0.29, 0.717) is 18.2 Å². The van der Waals surface area contributed by atoms with Gasteiger partial charge in [0.25, 0.3) is 5.91 Å². The minimum atomic E-state index is -0.182. The third kappa shape index (κ3) is 5.88. The van der Waals surface area contributed by atoms with Crippen molar-refractivity contribution in [2.24, 2.45) is 0 Å². The molecular weight excluding hydrogens is 360 g/mol. The second-order valence-corrected chi connectivity index (χ2v) is 7.69. The number of nitrogens with one attached hydrogen (secondary N) is 3. The Morgan fingerprint density at radius 2 is 1.93 bits per heavy atom. The summed E-state index contributed by atoms with van der Waals surface area (Å²) in [5, 5.41) is 9.46. The van der Waals surface area contributed by atoms with Crippen molar-refractivity contribution in [2.45, 2.75) is 51.1 Å². The average Bonchev–Trinajstić information content (AvgIpc) is 2.70. The fourth-order valence-corrected chi connectivity index (χ4v) is 3.66. The minimum absolute atomic E-state index is 0.110. The van der Waals surface area contributed by atoms with Crippen molar-refractivity contribution in [3.8, 4) is 0 Å². The van der Waals surface area contributed by atoms with Crippen LogP contribution in [0.3, 0.4) is 0 Å². The molecule has 2 rings (SSSR count). The van der Waals surface area contributed by atoms with Gasteiger partial charge in [0.1, 0.15) is 11.2 Å². The van der Waals surface area contributed by atoms with Crippen LogP contribution in [0, 0.1) is 0 Å². The zero-order valence-electron chi connectivity index (χ0n) is 16.9. The van der Waals surface area contributed by atoms with Crippen molar-refractivity contribution in [1.82, 2.24) is 20.9 Å². The molecule has 1 fully saturated rings. The molecule has 27 heavy (non-hydrogen) atoms. The molecule has 1 amide bonds. The van der Waals surface area contributed by atoms with Crippen LogP contribution in [0.5, 0.6) is 0 Å². The Bertz CT molecular complexity index is 636. The summed E-state index contributed by atoms with van der Waals surface area (Å²) in [5.41, 5.74) is 3.79. The van der Waals surface area contributed by atoms with E-state index in [1.165, 1.54) is 18.4 Å². The number of likely N-dealkylation sites (N-methyl/N-ethyl adjacent to an activating group) is 1. The Morgan fingerprint density at radius 1 is 1.30 bits per heavy atom. The van der Waals surface area contributed by atoms with Gasteiger partial charge in [0.05, 0.1) is 0 Å². The Morgan fingerprint density at radius 3 is 2.44 bits per heavy atom. The molecule has 150 valence electrons. The van der Waals surface area contributed by atoms with Crippen LogP contribution in [-0.4, -0.2) is 43.5 Å². The molecule has 1 saturated heterocycles. The summed E-state index contributed by atoms with van der Waals surface area (Å²) in [4.78, 5) is 14.6. The molecule has 1 aliphatic rings. The number of benzene rings is 1. The molecule has 1 aromatic carbocycles. The van der Waals surface area contributed by atoms with Gasteiger partial charge < -0.3 is 20.9 Å². The number of hydrogen-bond acceptors (Lipinski definition) is 4. The zero-order valence-corrected chi connectivity index (χ0v) is 17.7. The highest BCUT2D eigenvalue weighted by Crippen LogP contribution is 2.25. The van der Waals surface area contributed by atoms with Gasteiger partial charge in [-0.25, -0.2) is 0 Å². The maximum Gasteiger partial charge on any atom is 0.269 e. The summed E-state index contributed by atoms with van der Waals surface area (Å²) >= 11 is 6.19. The number of carbonyl (C=O) groups excluding carboxylic acids is 1. The summed E-state index contributed by atoms with van der Waals surface area (Å²) < 4.78 is 0. The largest absolute Gasteiger partial charge is 0.382 e. The van der Waals surface area contributed by atoms with E-state index >= 15 is 0 Å². The van der Waals surface area contributed by atoms with Gasteiger partial charge >= 0.3 is 0 Å². The quantitative estimate of drug-likeness (QED) is 0.361. The first kappa shape index (κ1) is 21.6. The summed E-state index contributed by atoms with van der Waals surface area (Å²) in [6, 6.07) is 8.64. The highest BCUT2D eigenvalue weighted by molar-refractivity contribution is 6.20. The third-order valence-electron chi connectivity index (χ3n) is 5.30. The van der Waals surface area contributed by atoms with Crippen molar-refractivity contribution in [3.05, 3.63) is 46.8 Å². The van der Waals surface area contributed by atoms with Gasteiger partial charge in [-0.3, -0.25) is 4.79 Å². The van der Waals surface area contributed by atoms with Gasteiger partial charge in [-0.2, -0.15) is 0 Å². The second kappa shape index (κ2) is 10.6. The van der Waals surface area contributed by atoms with E-state index in [4.69, 9.17) is 11.6 Å². The first-order valence-electron chi connectivity index (χ1n) is 9.83. The Kier molecular flexibility index (Phi) is 8.45. The molecule has 5 nitrogen and oxygen atoms in total. The highest BCUT2D eigenvalue weighted by Gasteiger charge is 2.19. The molecule has 0 spiro atoms. The number of amides is 1. The normalized spacial score (nSPS) is 17.1. The number of carbonyl (C=O) groups is 1. The fraction of sp³-hybridized carbons (Fsp3) is 0.571. The SMILES string of the molecule is CC/C(=C(/NC)C(=O)NCc1ccc(C2CCNCC2)cc1)N(C)C(C)Cl. The molecule has 1 heterocycles. The molecule has 0 aromatic heterocycles. The summed E-state index contributed by atoms with van der Waals surface area (Å²) in [6.45, 7) is 6.61. The number of halogens is 1. The van der Waals surface area contributed by atoms with Gasteiger partial charge in [0, 0.05) is 26.3 Å². The van der Waals surface area contributed by atoms with Crippen LogP contribution in [0.25, 0.3) is 0 Å². The monoisotopic (exact) mass is 392 g/mol. The topological polar surface area (TPSA) is 56.4 Å². The molecule has 1 aromatic rings. The molecule has 0 aliphatic carbocycles. The van der Waals surface area contributed by atoms with Crippen LogP contribution in [0.2, 0.25) is 0 Å². The first-order chi connectivity index (χ1) is 13.0. The van der Waals surface area contributed by atoms with Crippen LogP contribution >= 0.6 is 11.6 Å². The maximum atomic E-state index is 12.7. The van der Waals surface area contributed by atoms with Crippen LogP contribution in [0.1, 0.15) is 50.2 Å². The Hall–Kier alpha value is -1.72. The van der Waals surface area contributed by atoms with Crippen LogP contribution in [0.15, 0.2) is 35.7 Å². The molecule has 6 heteroatoms. The van der Waals surface area contributed by atoms with Crippen molar-refractivity contribution in [3.63, 3.8) is 0 Å². The third-order valence-corrected chi connectivity index (χ3v) is 5.60. The lowest BCUT2D eigenvalue weighted by Gasteiger charge is -2.27. The molecular formula is C21H33ClN4O. The lowest BCUT2D eigenvalue weighted by molar-refractivity contribution is -0.118. The smallest absolute Gasteiger partial charge is 0.269 e. The molecule has 0 bridgehead atoms. The summed E-state index contributed by atoms with van der Waals surface area (Å²) in [6.07, 6.45) is 3.11. The lowest BCUT2D eigenvalue weighted by atomic mass is 9.90. The van der Waals surface area contributed by atoms with Crippen LogP contribution < -0.4 is 16.0 Å². The van der Waals surface area contributed by atoms with Crippen LogP contribution in [0.4, 0.5) is 0 Å². The predicted molar refractivity (Wildman–Crippen MR) is 113 cm³/mol. The molecule has 1 atom stereocenters. The van der Waals surface area contributed by atoms with Crippen molar-refractivity contribution in [2.75, 3.05) is 27.2 Å². The number of piperidine rings is 1. The minimum Gasteiger partial charge on any atom is -0.382 e. The Labute approximate surface area is 168 Å². The number of hydrogen-bond donors (Lipinski definition) is 3. The van der Waals surface area contributed by atoms with Gasteiger partial charge in [0.2, 0.25) is 0 Å². The lowest BCUT2D eigenvalue weighted by Crippen LogP contribution is -2.35. The maximum absolute atomic E-state index is 12.7. The van der Waals surface area contributed by atoms with E-state index in [2.05, 4.69) is 40.2 Å². The van der Waals surface area contributed by atoms with Gasteiger partial charge in [-0.1, -0.05) is 42.8 Å². The first-order valence-corrected chi connectivity index (χ1v) is 10.3. The van der Waals surface area contributed by atoms with Gasteiger partial charge in [-0.15, -0.1) is 0 Å². The average molecular weight is 393 g/mol. The highest BCUT2D eigenvalue weighted by atomic mass is 35.5. The number of rotatable bonds is 8. The molecule has 0 radical (unpaired) electrons. The summed E-state index contributed by atoms with van der Waals surface area (Å²) in [5.74, 6) is 0.537. The van der Waals surface area contributed by atoms with Crippen molar-refractivity contribution < 1.29 is 4.79 Å². The number of nitrogens with zero attached hydrogens (tertiary/aromatic N) is 1. The van der Waals surface area contributed by atoms with Gasteiger partial charge in [0.15, 0.2) is 0 Å². The second-order valence-electron chi connectivity index (χ2n) is 7.06. The Balaban J connectivity index is 2.00. The number of alkyl halides is 1. The van der Waals surface area contributed by atoms with Gasteiger partial charge in [-0.05, 0) is 56.3 Å². The predicted octanol–water partition coefficient (Wildman–Crippen LogP) is 3.13. The number of allylic oxidation sites excluding steroid dienone is 1. The van der Waals surface area contributed by atoms with Crippen molar-refractivity contribution in [1.29, 1.82) is 0 Å². The van der Waals surface area contributed by atoms with E-state index in [1.807, 2.05) is 25.8 Å². The van der Waals surface area contributed by atoms with E-state index in [0.717, 1.165) is 30.8 Å². The standard InChI is InChI=1S/C21H33ClN4O/c1-5-19(26(4)15(2)22)20(23-3)21(27)25-14-16-6-8-17(9-7-16)18-10-12-24-13-11-18/h6-9,15,18,23-24H,5,10-14H2,1-4H3,(H,25,27)/b20-19-. The van der Waals surface area contributed by atoms with Crippen molar-refractivity contribution >= 4 is 17.5 Å². The van der Waals surface area contributed by atoms with E-state index in [-0.39, 0.29) is 11.4 Å². The summed E-state index contributed by atoms with van der Waals surface area (Å²) in [7, 11) is 3.67. The zero-order chi connectivity index (χ0) is 19.8. The van der Waals surface area contributed by atoms with E-state index in [9.17, 15) is 4.79 Å². The van der Waals surface area contributed by atoms with E-state index < -0.39 is 0 Å². The van der Waals surface area contributed by atoms with Crippen LogP contribution in [-0.2, 0) is 11.3 Å². The van der Waals surface area contributed by atoms with E-state index in [1.54, 1.807) is 7.05 Å².